The van der Waals surface area contributed by atoms with Gasteiger partial charge in [-0.05, 0) is 23.8 Å². The fraction of sp³-hybridized carbons (Fsp3) is 0.133. The fourth-order valence-electron chi connectivity index (χ4n) is 1.82. The molecule has 1 aliphatic rings. The summed E-state index contributed by atoms with van der Waals surface area (Å²) in [6.45, 7) is 7.65. The second-order valence-electron chi connectivity index (χ2n) is 3.77. The number of allylic oxidation sites excluding steroid dienone is 1. The quantitative estimate of drug-likeness (QED) is 0.740. The number of thioether (sulfide) groups is 1. The summed E-state index contributed by atoms with van der Waals surface area (Å²) < 4.78 is 4.95. The van der Waals surface area contributed by atoms with E-state index in [1.54, 1.807) is 18.9 Å². The minimum atomic E-state index is -0.217. The van der Waals surface area contributed by atoms with E-state index >= 15 is 0 Å². The van der Waals surface area contributed by atoms with Crippen molar-refractivity contribution in [1.29, 1.82) is 0 Å². The van der Waals surface area contributed by atoms with Crippen molar-refractivity contribution < 1.29 is 4.74 Å². The Kier molecular flexibility index (Phi) is 3.28. The number of hydrogen-bond donors (Lipinski definition) is 0. The molecule has 86 valence electrons. The average Bonchev–Trinajstić information content (AvgIpc) is 2.73. The smallest absolute Gasteiger partial charge is 0.118 e. The molecule has 1 atom stereocenters. The average molecular weight is 242 g/mol. The molecule has 2 heteroatoms. The Balaban J connectivity index is 2.43. The first-order valence-corrected chi connectivity index (χ1v) is 6.10. The highest BCUT2D eigenvalue weighted by Gasteiger charge is 2.31. The second kappa shape index (κ2) is 4.70. The molecule has 0 fully saturated rings. The van der Waals surface area contributed by atoms with Crippen molar-refractivity contribution >= 4 is 11.8 Å². The lowest BCUT2D eigenvalue weighted by Gasteiger charge is -2.22. The Morgan fingerprint density at radius 2 is 2.06 bits per heavy atom. The number of benzene rings is 1. The molecule has 0 radical (unpaired) electrons. The van der Waals surface area contributed by atoms with E-state index in [0.29, 0.717) is 0 Å². The molecule has 1 unspecified atom stereocenters. The van der Waals surface area contributed by atoms with E-state index in [-0.39, 0.29) is 4.75 Å². The normalized spacial score (nSPS) is 22.3. The first-order chi connectivity index (χ1) is 8.20. The van der Waals surface area contributed by atoms with E-state index in [2.05, 4.69) is 37.1 Å². The van der Waals surface area contributed by atoms with Gasteiger partial charge in [-0.15, -0.1) is 17.5 Å². The maximum absolute atomic E-state index is 5.17. The maximum Gasteiger partial charge on any atom is 0.118 e. The van der Waals surface area contributed by atoms with E-state index in [4.69, 9.17) is 4.74 Å². The maximum atomic E-state index is 5.17. The first-order valence-electron chi connectivity index (χ1n) is 5.29. The summed E-state index contributed by atoms with van der Waals surface area (Å²) in [5.74, 6) is 0.859. The fourth-order valence-corrected chi connectivity index (χ4v) is 2.92. The van der Waals surface area contributed by atoms with Crippen LogP contribution in [0.15, 0.2) is 66.3 Å². The molecule has 0 aliphatic carbocycles. The van der Waals surface area contributed by atoms with Crippen LogP contribution in [0.25, 0.3) is 0 Å². The zero-order valence-corrected chi connectivity index (χ0v) is 10.6. The standard InChI is InChI=1S/C15H14OS/c1-4-10-15(11-9-12(2)17-15)13-5-7-14(16-3)8-6-13/h5-11H,1-2H2,3H3. The van der Waals surface area contributed by atoms with Crippen molar-refractivity contribution in [3.05, 3.63) is 71.9 Å². The SMILES string of the molecule is C=C=CC1(c2ccc(OC)cc2)C=CC(=C)S1. The highest BCUT2D eigenvalue weighted by atomic mass is 32.2. The van der Waals surface area contributed by atoms with Crippen LogP contribution in [0.1, 0.15) is 5.56 Å². The van der Waals surface area contributed by atoms with Crippen LogP contribution in [-0.4, -0.2) is 7.11 Å². The first kappa shape index (κ1) is 11.8. The molecule has 0 aromatic heterocycles. The molecule has 0 spiro atoms. The van der Waals surface area contributed by atoms with Crippen LogP contribution in [0.2, 0.25) is 0 Å². The summed E-state index contributed by atoms with van der Waals surface area (Å²) in [7, 11) is 1.67. The lowest BCUT2D eigenvalue weighted by atomic mass is 9.97. The third-order valence-electron chi connectivity index (χ3n) is 2.67. The molecule has 0 saturated heterocycles. The van der Waals surface area contributed by atoms with Crippen LogP contribution in [0.5, 0.6) is 5.75 Å². The predicted octanol–water partition coefficient (Wildman–Crippen LogP) is 4.05. The minimum absolute atomic E-state index is 0.217. The third kappa shape index (κ3) is 2.23. The predicted molar refractivity (Wildman–Crippen MR) is 74.3 cm³/mol. The minimum Gasteiger partial charge on any atom is -0.497 e. The number of methoxy groups -OCH3 is 1. The molecule has 17 heavy (non-hydrogen) atoms. The van der Waals surface area contributed by atoms with Gasteiger partial charge in [0, 0.05) is 4.91 Å². The van der Waals surface area contributed by atoms with E-state index in [0.717, 1.165) is 10.7 Å². The second-order valence-corrected chi connectivity index (χ2v) is 5.18. The number of ether oxygens (including phenoxy) is 1. The van der Waals surface area contributed by atoms with Gasteiger partial charge in [0.2, 0.25) is 0 Å². The van der Waals surface area contributed by atoms with Gasteiger partial charge in [-0.1, -0.05) is 37.4 Å². The largest absolute Gasteiger partial charge is 0.497 e. The molecule has 0 saturated carbocycles. The van der Waals surface area contributed by atoms with Gasteiger partial charge in [-0.25, -0.2) is 0 Å². The van der Waals surface area contributed by atoms with Gasteiger partial charge >= 0.3 is 0 Å². The van der Waals surface area contributed by atoms with E-state index in [1.165, 1.54) is 5.56 Å². The van der Waals surface area contributed by atoms with Gasteiger partial charge in [0.25, 0.3) is 0 Å². The molecule has 0 N–H and O–H groups in total. The van der Waals surface area contributed by atoms with Crippen LogP contribution in [0.4, 0.5) is 0 Å². The highest BCUT2D eigenvalue weighted by Crippen LogP contribution is 2.48. The van der Waals surface area contributed by atoms with Gasteiger partial charge in [0.1, 0.15) is 5.75 Å². The van der Waals surface area contributed by atoms with E-state index < -0.39 is 0 Å². The summed E-state index contributed by atoms with van der Waals surface area (Å²) in [6, 6.07) is 8.04. The third-order valence-corrected chi connectivity index (χ3v) is 3.90. The van der Waals surface area contributed by atoms with Crippen LogP contribution in [0.3, 0.4) is 0 Å². The summed E-state index contributed by atoms with van der Waals surface area (Å²) in [6.07, 6.45) is 6.12. The highest BCUT2D eigenvalue weighted by molar-refractivity contribution is 8.04. The Labute approximate surface area is 106 Å². The summed E-state index contributed by atoms with van der Waals surface area (Å²) in [4.78, 5) is 1.05. The van der Waals surface area contributed by atoms with Crippen molar-refractivity contribution in [2.24, 2.45) is 0 Å². The molecular formula is C15H14OS. The van der Waals surface area contributed by atoms with Crippen molar-refractivity contribution in [2.75, 3.05) is 7.11 Å². The monoisotopic (exact) mass is 242 g/mol. The van der Waals surface area contributed by atoms with Crippen molar-refractivity contribution in [1.82, 2.24) is 0 Å². The zero-order valence-electron chi connectivity index (χ0n) is 9.77. The molecule has 1 aromatic carbocycles. The lowest BCUT2D eigenvalue weighted by Crippen LogP contribution is -2.12. The molecular weight excluding hydrogens is 228 g/mol. The van der Waals surface area contributed by atoms with Crippen LogP contribution in [0, 0.1) is 0 Å². The molecule has 1 nitrogen and oxygen atoms in total. The van der Waals surface area contributed by atoms with Gasteiger partial charge in [-0.3, -0.25) is 0 Å². The van der Waals surface area contributed by atoms with Crippen LogP contribution >= 0.6 is 11.8 Å². The molecule has 2 rings (SSSR count). The number of rotatable bonds is 3. The van der Waals surface area contributed by atoms with Crippen molar-refractivity contribution in [3.63, 3.8) is 0 Å². The van der Waals surface area contributed by atoms with Gasteiger partial charge in [0.15, 0.2) is 0 Å². The summed E-state index contributed by atoms with van der Waals surface area (Å²) in [5.41, 5.74) is 4.05. The Morgan fingerprint density at radius 1 is 1.35 bits per heavy atom. The summed E-state index contributed by atoms with van der Waals surface area (Å²) in [5, 5.41) is 0. The molecule has 0 bridgehead atoms. The van der Waals surface area contributed by atoms with E-state index in [9.17, 15) is 0 Å². The topological polar surface area (TPSA) is 9.23 Å². The number of hydrogen-bond acceptors (Lipinski definition) is 2. The molecule has 0 amide bonds. The van der Waals surface area contributed by atoms with Crippen molar-refractivity contribution in [2.45, 2.75) is 4.75 Å². The van der Waals surface area contributed by atoms with Crippen LogP contribution < -0.4 is 4.74 Å². The summed E-state index contributed by atoms with van der Waals surface area (Å²) >= 11 is 1.70. The van der Waals surface area contributed by atoms with Gasteiger partial charge < -0.3 is 4.74 Å². The van der Waals surface area contributed by atoms with Crippen molar-refractivity contribution in [3.8, 4) is 5.75 Å². The van der Waals surface area contributed by atoms with E-state index in [1.807, 2.05) is 24.3 Å². The molecule has 1 aromatic rings. The Bertz CT molecular complexity index is 506. The van der Waals surface area contributed by atoms with Gasteiger partial charge in [-0.2, -0.15) is 0 Å². The van der Waals surface area contributed by atoms with Gasteiger partial charge in [0.05, 0.1) is 11.9 Å². The lowest BCUT2D eigenvalue weighted by molar-refractivity contribution is 0.414. The Morgan fingerprint density at radius 3 is 2.53 bits per heavy atom. The molecule has 1 aliphatic heterocycles. The Hall–Kier alpha value is -1.63. The molecule has 1 heterocycles. The van der Waals surface area contributed by atoms with Crippen LogP contribution in [-0.2, 0) is 4.75 Å². The zero-order chi connectivity index (χ0) is 12.3.